The lowest BCUT2D eigenvalue weighted by Crippen LogP contribution is -1.62. The third-order valence-electron chi connectivity index (χ3n) is 0.940. The van der Waals surface area contributed by atoms with Crippen molar-refractivity contribution in [1.82, 2.24) is 0 Å². The first-order chi connectivity index (χ1) is 7.64. The van der Waals surface area contributed by atoms with E-state index in [0.29, 0.717) is 0 Å². The van der Waals surface area contributed by atoms with E-state index in [9.17, 15) is 0 Å². The van der Waals surface area contributed by atoms with E-state index < -0.39 is 0 Å². The summed E-state index contributed by atoms with van der Waals surface area (Å²) in [6.45, 7) is 2.08. The molecule has 0 fully saturated rings. The van der Waals surface area contributed by atoms with Crippen LogP contribution < -0.4 is 0 Å². The van der Waals surface area contributed by atoms with Gasteiger partial charge in [-0.2, -0.15) is 0 Å². The maximum atomic E-state index is 4.25. The molecule has 0 atom stereocenters. The molecule has 0 radical (unpaired) electrons. The largest absolute Gasteiger partial charge is 0.388 e. The van der Waals surface area contributed by atoms with Gasteiger partial charge in [-0.05, 0) is 6.92 Å². The van der Waals surface area contributed by atoms with E-state index in [2.05, 4.69) is 33.3 Å². The minimum atomic E-state index is 1.32. The Morgan fingerprint density at radius 3 is 1.00 bits per heavy atom. The molecule has 0 N–H and O–H groups in total. The van der Waals surface area contributed by atoms with Crippen LogP contribution in [0.5, 0.6) is 0 Å². The molecule has 0 aliphatic rings. The molecule has 0 aromatic heterocycles. The fourth-order valence-corrected chi connectivity index (χ4v) is 0.534. The van der Waals surface area contributed by atoms with Crippen LogP contribution >= 0.6 is 0 Å². The number of benzene rings is 1. The average Bonchev–Trinajstić information content (AvgIpc) is 2.22. The fraction of sp³-hybridized carbons (Fsp3) is 0.538. The summed E-state index contributed by atoms with van der Waals surface area (Å²) in [6.07, 6.45) is 0. The van der Waals surface area contributed by atoms with Crippen LogP contribution in [-0.2, 0) is 14.2 Å². The van der Waals surface area contributed by atoms with E-state index in [0.717, 1.165) is 0 Å². The Bertz CT molecular complexity index is 171. The Balaban J connectivity index is -0.000000161. The topological polar surface area (TPSA) is 27.7 Å². The Hall–Kier alpha value is -0.900. The molecule has 3 heteroatoms. The maximum absolute atomic E-state index is 4.25. The molecule has 0 unspecified atom stereocenters. The second kappa shape index (κ2) is 23.7. The van der Waals surface area contributed by atoms with Crippen LogP contribution in [0.15, 0.2) is 30.3 Å². The number of aryl methyl sites for hydroxylation is 1. The van der Waals surface area contributed by atoms with E-state index in [-0.39, 0.29) is 0 Å². The van der Waals surface area contributed by atoms with Gasteiger partial charge >= 0.3 is 0 Å². The molecular formula is C13H26O3. The fourth-order valence-electron chi connectivity index (χ4n) is 0.534. The van der Waals surface area contributed by atoms with Gasteiger partial charge in [-0.25, -0.2) is 0 Å². The summed E-state index contributed by atoms with van der Waals surface area (Å²) in [4.78, 5) is 0. The second-order valence-electron chi connectivity index (χ2n) is 2.88. The first-order valence-corrected chi connectivity index (χ1v) is 4.86. The van der Waals surface area contributed by atoms with Gasteiger partial charge in [-0.15, -0.1) is 0 Å². The molecule has 96 valence electrons. The zero-order chi connectivity index (χ0) is 13.2. The predicted octanol–water partition coefficient (Wildman–Crippen LogP) is 2.78. The van der Waals surface area contributed by atoms with Gasteiger partial charge in [-0.3, -0.25) is 0 Å². The molecule has 1 aromatic rings. The van der Waals surface area contributed by atoms with E-state index in [4.69, 9.17) is 0 Å². The monoisotopic (exact) mass is 230 g/mol. The Morgan fingerprint density at radius 2 is 0.875 bits per heavy atom. The number of ether oxygens (including phenoxy) is 3. The minimum Gasteiger partial charge on any atom is -0.388 e. The highest BCUT2D eigenvalue weighted by Gasteiger charge is 1.72. The molecule has 16 heavy (non-hydrogen) atoms. The third kappa shape index (κ3) is 38.0. The highest BCUT2D eigenvalue weighted by atomic mass is 16.5. The van der Waals surface area contributed by atoms with Gasteiger partial charge in [0.25, 0.3) is 0 Å². The van der Waals surface area contributed by atoms with Crippen molar-refractivity contribution in [3.8, 4) is 0 Å². The smallest absolute Gasteiger partial charge is 0.0351 e. The van der Waals surface area contributed by atoms with Gasteiger partial charge in [0.15, 0.2) is 0 Å². The van der Waals surface area contributed by atoms with E-state index >= 15 is 0 Å². The van der Waals surface area contributed by atoms with Gasteiger partial charge in [0.1, 0.15) is 0 Å². The van der Waals surface area contributed by atoms with Crippen molar-refractivity contribution in [3.63, 3.8) is 0 Å². The maximum Gasteiger partial charge on any atom is 0.0351 e. The minimum absolute atomic E-state index is 1.32. The summed E-state index contributed by atoms with van der Waals surface area (Å²) in [5.74, 6) is 0. The normalized spacial score (nSPS) is 7.19. The molecule has 0 spiro atoms. The first kappa shape index (κ1) is 20.5. The Labute approximate surface area is 100 Å². The lowest BCUT2D eigenvalue weighted by molar-refractivity contribution is 0.277. The average molecular weight is 230 g/mol. The highest BCUT2D eigenvalue weighted by molar-refractivity contribution is 5.11. The Morgan fingerprint density at radius 1 is 0.625 bits per heavy atom. The van der Waals surface area contributed by atoms with Crippen molar-refractivity contribution < 1.29 is 14.2 Å². The molecule has 0 aliphatic carbocycles. The number of methoxy groups -OCH3 is 3. The van der Waals surface area contributed by atoms with Gasteiger partial charge in [-0.1, -0.05) is 35.9 Å². The van der Waals surface area contributed by atoms with Crippen molar-refractivity contribution in [2.75, 3.05) is 42.7 Å². The highest BCUT2D eigenvalue weighted by Crippen LogP contribution is 1.92. The van der Waals surface area contributed by atoms with Crippen molar-refractivity contribution in [2.45, 2.75) is 6.92 Å². The molecule has 0 aliphatic heterocycles. The molecule has 0 bridgehead atoms. The number of hydrogen-bond donors (Lipinski definition) is 0. The van der Waals surface area contributed by atoms with E-state index in [1.807, 2.05) is 18.2 Å². The summed E-state index contributed by atoms with van der Waals surface area (Å²) in [5, 5.41) is 0. The summed E-state index contributed by atoms with van der Waals surface area (Å²) in [6, 6.07) is 10.3. The van der Waals surface area contributed by atoms with E-state index in [1.54, 1.807) is 42.7 Å². The molecular weight excluding hydrogens is 204 g/mol. The Kier molecular flexibility index (Phi) is 30.4. The molecule has 0 saturated carbocycles. The van der Waals surface area contributed by atoms with Crippen molar-refractivity contribution in [1.29, 1.82) is 0 Å². The van der Waals surface area contributed by atoms with Crippen molar-refractivity contribution in [3.05, 3.63) is 35.9 Å². The van der Waals surface area contributed by atoms with Gasteiger partial charge < -0.3 is 14.2 Å². The quantitative estimate of drug-likeness (QED) is 0.686. The lowest BCUT2D eigenvalue weighted by atomic mass is 10.2. The zero-order valence-electron chi connectivity index (χ0n) is 11.6. The standard InChI is InChI=1S/C7H8.3C2H6O/c1-7-5-3-2-4-6-7;3*1-3-2/h2-6H,1H3;3*1-2H3. The zero-order valence-corrected chi connectivity index (χ0v) is 11.6. The summed E-state index contributed by atoms with van der Waals surface area (Å²) < 4.78 is 12.8. The van der Waals surface area contributed by atoms with Crippen LogP contribution in [-0.4, -0.2) is 42.7 Å². The van der Waals surface area contributed by atoms with Gasteiger partial charge in [0, 0.05) is 42.7 Å². The van der Waals surface area contributed by atoms with E-state index in [1.165, 1.54) is 5.56 Å². The molecule has 0 saturated heterocycles. The van der Waals surface area contributed by atoms with Crippen molar-refractivity contribution >= 4 is 0 Å². The SMILES string of the molecule is COC.COC.COC.Cc1ccccc1. The van der Waals surface area contributed by atoms with Crippen molar-refractivity contribution in [2.24, 2.45) is 0 Å². The number of rotatable bonds is 0. The van der Waals surface area contributed by atoms with Gasteiger partial charge in [0.2, 0.25) is 0 Å². The van der Waals surface area contributed by atoms with Crippen LogP contribution in [0.1, 0.15) is 5.56 Å². The van der Waals surface area contributed by atoms with Crippen LogP contribution in [0.4, 0.5) is 0 Å². The van der Waals surface area contributed by atoms with Crippen LogP contribution in [0.2, 0.25) is 0 Å². The van der Waals surface area contributed by atoms with Gasteiger partial charge in [0.05, 0.1) is 0 Å². The lowest BCUT2D eigenvalue weighted by Gasteiger charge is -1.82. The summed E-state index contributed by atoms with van der Waals surface area (Å²) in [7, 11) is 9.75. The van der Waals surface area contributed by atoms with Crippen LogP contribution in [0.3, 0.4) is 0 Å². The first-order valence-electron chi connectivity index (χ1n) is 4.86. The third-order valence-corrected chi connectivity index (χ3v) is 0.940. The molecule has 3 nitrogen and oxygen atoms in total. The molecule has 0 amide bonds. The predicted molar refractivity (Wildman–Crippen MR) is 70.0 cm³/mol. The molecule has 1 rings (SSSR count). The number of hydrogen-bond acceptors (Lipinski definition) is 3. The van der Waals surface area contributed by atoms with Crippen LogP contribution in [0.25, 0.3) is 0 Å². The van der Waals surface area contributed by atoms with Crippen LogP contribution in [0, 0.1) is 6.92 Å². The second-order valence-corrected chi connectivity index (χ2v) is 2.88. The summed E-state index contributed by atoms with van der Waals surface area (Å²) >= 11 is 0. The summed E-state index contributed by atoms with van der Waals surface area (Å²) in [5.41, 5.74) is 1.32. The molecule has 0 heterocycles. The molecule has 1 aromatic carbocycles.